The van der Waals surface area contributed by atoms with Crippen LogP contribution in [-0.2, 0) is 9.59 Å². The summed E-state index contributed by atoms with van der Waals surface area (Å²) in [5, 5.41) is 15.1. The van der Waals surface area contributed by atoms with E-state index in [2.05, 4.69) is 20.6 Å². The van der Waals surface area contributed by atoms with E-state index in [1.165, 1.54) is 7.05 Å². The molecule has 0 radical (unpaired) electrons. The molecule has 0 spiro atoms. The second-order valence-electron chi connectivity index (χ2n) is 11.8. The highest BCUT2D eigenvalue weighted by Gasteiger charge is 2.46. The van der Waals surface area contributed by atoms with Gasteiger partial charge in [0.05, 0.1) is 34.1 Å². The van der Waals surface area contributed by atoms with Crippen molar-refractivity contribution >= 4 is 51.6 Å². The van der Waals surface area contributed by atoms with Crippen LogP contribution >= 0.6 is 0 Å². The molecule has 11 nitrogen and oxygen atoms in total. The standard InChI is InChI=1S/C33H35N7O4/c1-19(34)25(28-18-37-26-7-3-4-8-27(26)38-28)17-36-22-14-20(15-22)6-5-13-35-21-9-10-23-24(16-21)32(43)40(31(23)42)29-11-12-30(41)39(2)33(29)44/h3-4,7-10,16-18,20,22,29,34-36H,5-6,11-15H2,1-2H3/b25-17+,34-19?. The van der Waals surface area contributed by atoms with Gasteiger partial charge in [-0.15, -0.1) is 0 Å². The van der Waals surface area contributed by atoms with E-state index in [0.29, 0.717) is 23.4 Å². The molecule has 1 aliphatic carbocycles. The molecule has 44 heavy (non-hydrogen) atoms. The zero-order chi connectivity index (χ0) is 31.0. The molecule has 1 aromatic heterocycles. The van der Waals surface area contributed by atoms with Gasteiger partial charge in [-0.25, -0.2) is 4.98 Å². The lowest BCUT2D eigenvalue weighted by Gasteiger charge is -2.36. The molecule has 2 aliphatic heterocycles. The number of hydrogen-bond acceptors (Lipinski definition) is 9. The largest absolute Gasteiger partial charge is 0.388 e. The van der Waals surface area contributed by atoms with Crippen molar-refractivity contribution < 1.29 is 19.2 Å². The number of fused-ring (bicyclic) bond motifs is 2. The maximum Gasteiger partial charge on any atom is 0.262 e. The zero-order valence-corrected chi connectivity index (χ0v) is 24.8. The van der Waals surface area contributed by atoms with E-state index in [1.54, 1.807) is 31.3 Å². The zero-order valence-electron chi connectivity index (χ0n) is 24.8. The second kappa shape index (κ2) is 12.0. The number of anilines is 1. The number of para-hydroxylation sites is 2. The van der Waals surface area contributed by atoms with Gasteiger partial charge < -0.3 is 16.0 Å². The van der Waals surface area contributed by atoms with Crippen LogP contribution in [0, 0.1) is 11.3 Å². The molecule has 3 heterocycles. The molecular formula is C33H35N7O4. The van der Waals surface area contributed by atoms with Crippen molar-refractivity contribution in [3.05, 3.63) is 71.7 Å². The van der Waals surface area contributed by atoms with Crippen LogP contribution < -0.4 is 10.6 Å². The predicted octanol–water partition coefficient (Wildman–Crippen LogP) is 4.01. The van der Waals surface area contributed by atoms with Gasteiger partial charge in [0, 0.05) is 49.2 Å². The van der Waals surface area contributed by atoms with Gasteiger partial charge in [0.2, 0.25) is 5.91 Å². The lowest BCUT2D eigenvalue weighted by Crippen LogP contribution is -2.54. The number of likely N-dealkylation sites (tertiary alicyclic amines) is 1. The van der Waals surface area contributed by atoms with E-state index in [4.69, 9.17) is 5.41 Å². The number of benzene rings is 2. The summed E-state index contributed by atoms with van der Waals surface area (Å²) < 4.78 is 0. The molecule has 11 heteroatoms. The third-order valence-electron chi connectivity index (χ3n) is 8.80. The van der Waals surface area contributed by atoms with Crippen molar-refractivity contribution in [1.29, 1.82) is 5.41 Å². The summed E-state index contributed by atoms with van der Waals surface area (Å²) in [5.74, 6) is -1.21. The number of carbonyl (C=O) groups excluding carboxylic acids is 4. The highest BCUT2D eigenvalue weighted by atomic mass is 16.2. The molecule has 4 amide bonds. The first kappa shape index (κ1) is 29.2. The van der Waals surface area contributed by atoms with E-state index in [-0.39, 0.29) is 29.9 Å². The SMILES string of the molecule is CC(=N)/C(=C\NC1CC(CCCNc2ccc3c(c2)C(=O)N(C2CCC(=O)N(C)C2=O)C3=O)C1)c1cnc2ccccc2n1. The van der Waals surface area contributed by atoms with Crippen molar-refractivity contribution in [2.24, 2.45) is 5.92 Å². The number of likely N-dealkylation sites (N-methyl/N-ethyl adjacent to an activating group) is 1. The van der Waals surface area contributed by atoms with Gasteiger partial charge in [-0.05, 0) is 75.3 Å². The van der Waals surface area contributed by atoms with Gasteiger partial charge in [0.1, 0.15) is 6.04 Å². The highest BCUT2D eigenvalue weighted by Crippen LogP contribution is 2.33. The maximum absolute atomic E-state index is 13.1. The topological polar surface area (TPSA) is 148 Å². The number of allylic oxidation sites excluding steroid dienone is 1. The molecule has 1 saturated carbocycles. The molecule has 0 bridgehead atoms. The van der Waals surface area contributed by atoms with E-state index in [1.807, 2.05) is 30.5 Å². The van der Waals surface area contributed by atoms with Crippen molar-refractivity contribution in [3.63, 3.8) is 0 Å². The van der Waals surface area contributed by atoms with E-state index < -0.39 is 23.8 Å². The lowest BCUT2D eigenvalue weighted by atomic mass is 9.77. The monoisotopic (exact) mass is 593 g/mol. The number of imide groups is 2. The number of nitrogens with zero attached hydrogens (tertiary/aromatic N) is 4. The Labute approximate surface area is 255 Å². The third-order valence-corrected chi connectivity index (χ3v) is 8.80. The Morgan fingerprint density at radius 3 is 2.57 bits per heavy atom. The van der Waals surface area contributed by atoms with Crippen LogP contribution in [0.3, 0.4) is 0 Å². The first-order valence-corrected chi connectivity index (χ1v) is 15.0. The molecule has 2 fully saturated rings. The lowest BCUT2D eigenvalue weighted by molar-refractivity contribution is -0.149. The summed E-state index contributed by atoms with van der Waals surface area (Å²) in [5.41, 5.74) is 4.79. The molecule has 6 rings (SSSR count). The second-order valence-corrected chi connectivity index (χ2v) is 11.8. The Bertz CT molecular complexity index is 1710. The van der Waals surface area contributed by atoms with Crippen molar-refractivity contribution in [3.8, 4) is 0 Å². The number of amides is 4. The van der Waals surface area contributed by atoms with Gasteiger partial charge >= 0.3 is 0 Å². The van der Waals surface area contributed by atoms with E-state index in [0.717, 1.165) is 64.3 Å². The van der Waals surface area contributed by atoms with Gasteiger partial charge in [-0.1, -0.05) is 12.1 Å². The third kappa shape index (κ3) is 5.57. The fourth-order valence-electron chi connectivity index (χ4n) is 6.18. The molecule has 3 N–H and O–H groups in total. The summed E-state index contributed by atoms with van der Waals surface area (Å²) in [4.78, 5) is 61.8. The molecule has 2 aromatic carbocycles. The molecule has 1 saturated heterocycles. The predicted molar refractivity (Wildman–Crippen MR) is 166 cm³/mol. The van der Waals surface area contributed by atoms with E-state index in [9.17, 15) is 19.2 Å². The quantitative estimate of drug-likeness (QED) is 0.181. The first-order chi connectivity index (χ1) is 21.2. The summed E-state index contributed by atoms with van der Waals surface area (Å²) in [6, 6.07) is 12.2. The molecular weight excluding hydrogens is 558 g/mol. The minimum atomic E-state index is -0.953. The number of carbonyl (C=O) groups is 4. The smallest absolute Gasteiger partial charge is 0.262 e. The van der Waals surface area contributed by atoms with Gasteiger partial charge in [0.25, 0.3) is 17.7 Å². The van der Waals surface area contributed by atoms with Gasteiger partial charge in [0.15, 0.2) is 0 Å². The molecule has 3 aliphatic rings. The average Bonchev–Trinajstić information content (AvgIpc) is 3.24. The Morgan fingerprint density at radius 2 is 1.80 bits per heavy atom. The normalized spacial score (nSPS) is 21.9. The fraction of sp³-hybridized carbons (Fsp3) is 0.364. The Kier molecular flexibility index (Phi) is 7.94. The Morgan fingerprint density at radius 1 is 1.05 bits per heavy atom. The number of nitrogens with one attached hydrogen (secondary N) is 3. The average molecular weight is 594 g/mol. The number of hydrogen-bond donors (Lipinski definition) is 3. The minimum Gasteiger partial charge on any atom is -0.388 e. The number of rotatable bonds is 10. The fourth-order valence-corrected chi connectivity index (χ4v) is 6.18. The van der Waals surface area contributed by atoms with Crippen LogP contribution in [0.1, 0.15) is 71.9 Å². The van der Waals surface area contributed by atoms with Crippen molar-refractivity contribution in [2.45, 2.75) is 57.5 Å². The molecule has 1 unspecified atom stereocenters. The van der Waals surface area contributed by atoms with Gasteiger partial charge in [-0.3, -0.25) is 34.0 Å². The van der Waals surface area contributed by atoms with Crippen LogP contribution in [0.4, 0.5) is 5.69 Å². The first-order valence-electron chi connectivity index (χ1n) is 15.0. The summed E-state index contributed by atoms with van der Waals surface area (Å²) >= 11 is 0. The van der Waals surface area contributed by atoms with E-state index >= 15 is 0 Å². The Hall–Kier alpha value is -4.93. The molecule has 1 atom stereocenters. The minimum absolute atomic E-state index is 0.118. The number of piperidine rings is 1. The summed E-state index contributed by atoms with van der Waals surface area (Å²) in [7, 11) is 1.38. The van der Waals surface area contributed by atoms with Crippen LogP contribution in [0.25, 0.3) is 16.6 Å². The molecule has 226 valence electrons. The van der Waals surface area contributed by atoms with Crippen LogP contribution in [-0.4, -0.2) is 74.8 Å². The van der Waals surface area contributed by atoms with Crippen molar-refractivity contribution in [1.82, 2.24) is 25.1 Å². The maximum atomic E-state index is 13.1. The van der Waals surface area contributed by atoms with Gasteiger partial charge in [-0.2, -0.15) is 0 Å². The van der Waals surface area contributed by atoms with Crippen molar-refractivity contribution in [2.75, 3.05) is 18.9 Å². The van der Waals surface area contributed by atoms with Crippen LogP contribution in [0.5, 0.6) is 0 Å². The summed E-state index contributed by atoms with van der Waals surface area (Å²) in [6.07, 6.45) is 8.00. The molecule has 3 aromatic rings. The highest BCUT2D eigenvalue weighted by molar-refractivity contribution is 6.24. The van der Waals surface area contributed by atoms with Crippen LogP contribution in [0.2, 0.25) is 0 Å². The number of aromatic nitrogens is 2. The summed E-state index contributed by atoms with van der Waals surface area (Å²) in [6.45, 7) is 2.48. The Balaban J connectivity index is 0.968. The van der Waals surface area contributed by atoms with Crippen LogP contribution in [0.15, 0.2) is 54.9 Å².